The Morgan fingerprint density at radius 2 is 2.50 bits per heavy atom. The number of thioether (sulfide) groups is 1. The highest BCUT2D eigenvalue weighted by atomic mass is 32.2. The highest BCUT2D eigenvalue weighted by Gasteiger charge is 2.13. The summed E-state index contributed by atoms with van der Waals surface area (Å²) in [6.07, 6.45) is 3.65. The molecular formula is C9H9NOS. The SMILES string of the molecule is O=Cc1ccnc2c1CSCC2. The van der Waals surface area contributed by atoms with E-state index in [2.05, 4.69) is 4.98 Å². The maximum absolute atomic E-state index is 10.6. The van der Waals surface area contributed by atoms with Crippen molar-refractivity contribution >= 4 is 18.0 Å². The average Bonchev–Trinajstić information content (AvgIpc) is 2.17. The van der Waals surface area contributed by atoms with Gasteiger partial charge >= 0.3 is 0 Å². The number of carbonyl (C=O) groups is 1. The lowest BCUT2D eigenvalue weighted by Crippen LogP contribution is -2.07. The Balaban J connectivity index is 2.51. The minimum Gasteiger partial charge on any atom is -0.298 e. The van der Waals surface area contributed by atoms with Gasteiger partial charge in [-0.3, -0.25) is 9.78 Å². The van der Waals surface area contributed by atoms with Gasteiger partial charge in [0.25, 0.3) is 0 Å². The van der Waals surface area contributed by atoms with Gasteiger partial charge in [0.2, 0.25) is 0 Å². The third-order valence-electron chi connectivity index (χ3n) is 2.04. The molecule has 1 aromatic heterocycles. The van der Waals surface area contributed by atoms with Gasteiger partial charge in [0, 0.05) is 23.2 Å². The van der Waals surface area contributed by atoms with Crippen molar-refractivity contribution in [3.63, 3.8) is 0 Å². The molecule has 0 saturated carbocycles. The fourth-order valence-corrected chi connectivity index (χ4v) is 2.41. The molecule has 0 atom stereocenters. The van der Waals surface area contributed by atoms with Crippen molar-refractivity contribution in [3.8, 4) is 0 Å². The summed E-state index contributed by atoms with van der Waals surface area (Å²) in [5.74, 6) is 2.07. The standard InChI is InChI=1S/C9H9NOS/c11-5-7-1-3-10-9-2-4-12-6-8(7)9/h1,3,5H,2,4,6H2. The summed E-state index contributed by atoms with van der Waals surface area (Å²) in [5, 5.41) is 0. The van der Waals surface area contributed by atoms with E-state index in [1.807, 2.05) is 11.8 Å². The second kappa shape index (κ2) is 3.27. The van der Waals surface area contributed by atoms with E-state index in [1.54, 1.807) is 12.3 Å². The molecule has 2 nitrogen and oxygen atoms in total. The largest absolute Gasteiger partial charge is 0.298 e. The first-order valence-electron chi connectivity index (χ1n) is 3.91. The van der Waals surface area contributed by atoms with E-state index >= 15 is 0 Å². The number of fused-ring (bicyclic) bond motifs is 1. The van der Waals surface area contributed by atoms with Gasteiger partial charge in [-0.05, 0) is 23.8 Å². The van der Waals surface area contributed by atoms with E-state index in [4.69, 9.17) is 0 Å². The summed E-state index contributed by atoms with van der Waals surface area (Å²) in [6.45, 7) is 0. The van der Waals surface area contributed by atoms with Crippen molar-refractivity contribution in [2.24, 2.45) is 0 Å². The number of rotatable bonds is 1. The van der Waals surface area contributed by atoms with Crippen LogP contribution in [0.2, 0.25) is 0 Å². The average molecular weight is 179 g/mol. The van der Waals surface area contributed by atoms with Crippen LogP contribution in [0.1, 0.15) is 21.6 Å². The second-order valence-electron chi connectivity index (χ2n) is 2.75. The van der Waals surface area contributed by atoms with Gasteiger partial charge in [-0.2, -0.15) is 11.8 Å². The molecule has 0 aliphatic carbocycles. The Morgan fingerprint density at radius 1 is 1.58 bits per heavy atom. The van der Waals surface area contributed by atoms with Crippen LogP contribution in [0.3, 0.4) is 0 Å². The van der Waals surface area contributed by atoms with Crippen LogP contribution in [-0.4, -0.2) is 17.0 Å². The van der Waals surface area contributed by atoms with Gasteiger partial charge in [0.15, 0.2) is 0 Å². The number of hydrogen-bond acceptors (Lipinski definition) is 3. The number of nitrogens with zero attached hydrogens (tertiary/aromatic N) is 1. The van der Waals surface area contributed by atoms with Crippen LogP contribution in [0.5, 0.6) is 0 Å². The Kier molecular flexibility index (Phi) is 2.13. The van der Waals surface area contributed by atoms with Gasteiger partial charge in [-0.1, -0.05) is 0 Å². The zero-order valence-electron chi connectivity index (χ0n) is 6.62. The van der Waals surface area contributed by atoms with Crippen molar-refractivity contribution in [1.82, 2.24) is 4.98 Å². The molecule has 2 heterocycles. The van der Waals surface area contributed by atoms with Crippen LogP contribution in [0.25, 0.3) is 0 Å². The Bertz CT molecular complexity index is 311. The fourth-order valence-electron chi connectivity index (χ4n) is 1.39. The molecular weight excluding hydrogens is 170 g/mol. The zero-order chi connectivity index (χ0) is 8.39. The first-order chi connectivity index (χ1) is 5.92. The van der Waals surface area contributed by atoms with Crippen molar-refractivity contribution in [3.05, 3.63) is 29.1 Å². The number of aryl methyl sites for hydroxylation is 1. The molecule has 0 saturated heterocycles. The van der Waals surface area contributed by atoms with E-state index in [0.29, 0.717) is 0 Å². The summed E-state index contributed by atoms with van der Waals surface area (Å²) < 4.78 is 0. The highest BCUT2D eigenvalue weighted by Crippen LogP contribution is 2.24. The van der Waals surface area contributed by atoms with Gasteiger partial charge in [-0.15, -0.1) is 0 Å². The number of aldehydes is 1. The third kappa shape index (κ3) is 1.25. The summed E-state index contributed by atoms with van der Waals surface area (Å²) >= 11 is 1.87. The molecule has 0 spiro atoms. The van der Waals surface area contributed by atoms with Crippen molar-refractivity contribution < 1.29 is 4.79 Å². The van der Waals surface area contributed by atoms with Gasteiger partial charge in [0.05, 0.1) is 0 Å². The smallest absolute Gasteiger partial charge is 0.150 e. The van der Waals surface area contributed by atoms with Gasteiger partial charge in [-0.25, -0.2) is 0 Å². The van der Waals surface area contributed by atoms with Crippen LogP contribution in [0.4, 0.5) is 0 Å². The Labute approximate surface area is 75.4 Å². The summed E-state index contributed by atoms with van der Waals surface area (Å²) in [4.78, 5) is 14.9. The summed E-state index contributed by atoms with van der Waals surface area (Å²) in [7, 11) is 0. The van der Waals surface area contributed by atoms with E-state index in [9.17, 15) is 4.79 Å². The normalized spacial score (nSPS) is 15.3. The molecule has 0 amide bonds. The van der Waals surface area contributed by atoms with E-state index in [0.717, 1.165) is 41.0 Å². The first kappa shape index (κ1) is 7.80. The zero-order valence-corrected chi connectivity index (χ0v) is 7.43. The number of aromatic nitrogens is 1. The molecule has 62 valence electrons. The quantitative estimate of drug-likeness (QED) is 0.614. The minimum absolute atomic E-state index is 0.812. The van der Waals surface area contributed by atoms with Gasteiger partial charge < -0.3 is 0 Å². The second-order valence-corrected chi connectivity index (χ2v) is 3.85. The Morgan fingerprint density at radius 3 is 3.33 bits per heavy atom. The minimum atomic E-state index is 0.812. The molecule has 2 rings (SSSR count). The lowest BCUT2D eigenvalue weighted by Gasteiger charge is -2.14. The van der Waals surface area contributed by atoms with Crippen LogP contribution in [0.15, 0.2) is 12.3 Å². The number of pyridine rings is 1. The number of carbonyl (C=O) groups excluding carboxylic acids is 1. The van der Waals surface area contributed by atoms with Crippen LogP contribution >= 0.6 is 11.8 Å². The van der Waals surface area contributed by atoms with E-state index in [-0.39, 0.29) is 0 Å². The van der Waals surface area contributed by atoms with E-state index < -0.39 is 0 Å². The highest BCUT2D eigenvalue weighted by molar-refractivity contribution is 7.98. The predicted octanol–water partition coefficient (Wildman–Crippen LogP) is 1.68. The number of hydrogen-bond donors (Lipinski definition) is 0. The summed E-state index contributed by atoms with van der Waals surface area (Å²) in [5.41, 5.74) is 3.06. The molecule has 12 heavy (non-hydrogen) atoms. The summed E-state index contributed by atoms with van der Waals surface area (Å²) in [6, 6.07) is 1.79. The van der Waals surface area contributed by atoms with Gasteiger partial charge in [0.1, 0.15) is 6.29 Å². The lowest BCUT2D eigenvalue weighted by atomic mass is 10.1. The van der Waals surface area contributed by atoms with Crippen LogP contribution in [-0.2, 0) is 12.2 Å². The predicted molar refractivity (Wildman–Crippen MR) is 49.5 cm³/mol. The molecule has 0 aromatic carbocycles. The molecule has 0 unspecified atom stereocenters. The molecule has 3 heteroatoms. The molecule has 1 aliphatic rings. The molecule has 0 bridgehead atoms. The van der Waals surface area contributed by atoms with Crippen LogP contribution in [0, 0.1) is 0 Å². The van der Waals surface area contributed by atoms with Crippen molar-refractivity contribution in [1.29, 1.82) is 0 Å². The monoisotopic (exact) mass is 179 g/mol. The Hall–Kier alpha value is -0.830. The van der Waals surface area contributed by atoms with E-state index in [1.165, 1.54) is 0 Å². The first-order valence-corrected chi connectivity index (χ1v) is 5.07. The maximum Gasteiger partial charge on any atom is 0.150 e. The molecule has 1 aliphatic heterocycles. The maximum atomic E-state index is 10.6. The molecule has 1 aromatic rings. The molecule has 0 radical (unpaired) electrons. The third-order valence-corrected chi connectivity index (χ3v) is 3.02. The molecule has 0 N–H and O–H groups in total. The van der Waals surface area contributed by atoms with Crippen molar-refractivity contribution in [2.45, 2.75) is 12.2 Å². The fraction of sp³-hybridized carbons (Fsp3) is 0.333. The van der Waals surface area contributed by atoms with Crippen LogP contribution < -0.4 is 0 Å². The lowest BCUT2D eigenvalue weighted by molar-refractivity contribution is 0.112. The topological polar surface area (TPSA) is 30.0 Å². The molecule has 0 fully saturated rings. The van der Waals surface area contributed by atoms with Crippen molar-refractivity contribution in [2.75, 3.05) is 5.75 Å².